The second-order valence-corrected chi connectivity index (χ2v) is 12.9. The molecule has 1 aromatic rings. The molecule has 5 rings (SSSR count). The number of aliphatic hydroxyl groups excluding tert-OH is 1. The lowest BCUT2D eigenvalue weighted by molar-refractivity contribution is -0.181. The van der Waals surface area contributed by atoms with Gasteiger partial charge in [-0.2, -0.15) is 0 Å². The number of benzene rings is 1. The maximum absolute atomic E-state index is 13.4. The summed E-state index contributed by atoms with van der Waals surface area (Å²) in [6.45, 7) is 5.26. The molecule has 4 aliphatic carbocycles. The van der Waals surface area contributed by atoms with Gasteiger partial charge in [0.2, 0.25) is 11.7 Å². The Morgan fingerprint density at radius 1 is 1.12 bits per heavy atom. The Labute approximate surface area is 241 Å². The van der Waals surface area contributed by atoms with Crippen molar-refractivity contribution >= 4 is 23.4 Å². The van der Waals surface area contributed by atoms with Crippen molar-refractivity contribution in [2.24, 2.45) is 28.6 Å². The number of aliphatic hydroxyl groups is 2. The molecule has 1 amide bonds. The minimum Gasteiger partial charge on any atom is -0.458 e. The summed E-state index contributed by atoms with van der Waals surface area (Å²) in [5.41, 5.74) is -1.01. The smallest absolute Gasteiger partial charge is 0.306 e. The van der Waals surface area contributed by atoms with Crippen molar-refractivity contribution in [1.29, 1.82) is 0 Å². The second kappa shape index (κ2) is 11.0. The molecule has 0 saturated heterocycles. The van der Waals surface area contributed by atoms with Crippen LogP contribution < -0.4 is 5.32 Å². The van der Waals surface area contributed by atoms with E-state index in [1.807, 2.05) is 50.3 Å². The normalized spacial score (nSPS) is 36.3. The Morgan fingerprint density at radius 2 is 1.85 bits per heavy atom. The van der Waals surface area contributed by atoms with Crippen molar-refractivity contribution in [3.8, 4) is 0 Å². The fraction of sp³-hybridized carbons (Fsp3) is 0.576. The molecular weight excluding hydrogens is 522 g/mol. The fourth-order valence-corrected chi connectivity index (χ4v) is 8.48. The predicted molar refractivity (Wildman–Crippen MR) is 151 cm³/mol. The van der Waals surface area contributed by atoms with E-state index in [9.17, 15) is 29.4 Å². The Kier molecular flexibility index (Phi) is 7.85. The SMILES string of the molecule is C[C@H](NC(=O)CCC(=O)OCC(=O)[C@]1(O)CC[C@H]2[C@H]3CCC4=CC(=O)C=C[C@]4(C)[C@H]3[C@@H](O)C[C@@]21C)c1ccccc1. The summed E-state index contributed by atoms with van der Waals surface area (Å²) in [4.78, 5) is 50.2. The first-order chi connectivity index (χ1) is 19.4. The molecule has 8 nitrogen and oxygen atoms in total. The number of ether oxygens (including phenoxy) is 1. The van der Waals surface area contributed by atoms with Crippen LogP contribution in [0.4, 0.5) is 0 Å². The number of nitrogens with one attached hydrogen (secondary N) is 1. The molecule has 220 valence electrons. The van der Waals surface area contributed by atoms with E-state index in [0.717, 1.165) is 24.0 Å². The summed E-state index contributed by atoms with van der Waals surface area (Å²) in [5, 5.41) is 26.1. The molecule has 0 aromatic heterocycles. The highest BCUT2D eigenvalue weighted by atomic mass is 16.5. The molecule has 0 spiro atoms. The number of carbonyl (C=O) groups excluding carboxylic acids is 4. The summed E-state index contributed by atoms with van der Waals surface area (Å²) < 4.78 is 5.24. The van der Waals surface area contributed by atoms with E-state index >= 15 is 0 Å². The number of rotatable bonds is 8. The summed E-state index contributed by atoms with van der Waals surface area (Å²) in [5.74, 6) is -1.55. The number of hydrogen-bond acceptors (Lipinski definition) is 7. The van der Waals surface area contributed by atoms with E-state index in [1.165, 1.54) is 0 Å². The minimum absolute atomic E-state index is 0.0141. The summed E-state index contributed by atoms with van der Waals surface area (Å²) >= 11 is 0. The van der Waals surface area contributed by atoms with Crippen LogP contribution in [0.3, 0.4) is 0 Å². The number of ketones is 2. The van der Waals surface area contributed by atoms with Gasteiger partial charge in [0.1, 0.15) is 5.60 Å². The first-order valence-electron chi connectivity index (χ1n) is 14.8. The zero-order valence-electron chi connectivity index (χ0n) is 24.1. The van der Waals surface area contributed by atoms with E-state index < -0.39 is 40.9 Å². The maximum Gasteiger partial charge on any atom is 0.306 e. The van der Waals surface area contributed by atoms with Crippen molar-refractivity contribution in [3.63, 3.8) is 0 Å². The number of Topliss-reactive ketones (excluding diaryl/α,β-unsaturated/α-hetero) is 1. The highest BCUT2D eigenvalue weighted by Crippen LogP contribution is 2.67. The van der Waals surface area contributed by atoms with Crippen LogP contribution in [0.15, 0.2) is 54.1 Å². The summed E-state index contributed by atoms with van der Waals surface area (Å²) in [6, 6.07) is 9.29. The van der Waals surface area contributed by atoms with Gasteiger partial charge in [0.25, 0.3) is 0 Å². The number of carbonyl (C=O) groups is 4. The molecule has 8 heteroatoms. The number of hydrogen-bond donors (Lipinski definition) is 3. The van der Waals surface area contributed by atoms with Crippen LogP contribution in [0.2, 0.25) is 0 Å². The van der Waals surface area contributed by atoms with Crippen LogP contribution in [0.5, 0.6) is 0 Å². The quantitative estimate of drug-likeness (QED) is 0.411. The van der Waals surface area contributed by atoms with Gasteiger partial charge in [-0.25, -0.2) is 0 Å². The Balaban J connectivity index is 1.18. The monoisotopic (exact) mass is 563 g/mol. The van der Waals surface area contributed by atoms with Gasteiger partial charge in [-0.1, -0.05) is 55.8 Å². The summed E-state index contributed by atoms with van der Waals surface area (Å²) in [6.07, 6.45) is 6.88. The standard InChI is InChI=1S/C33H41NO7/c1-20(21-7-5-4-6-8-21)34-28(38)11-12-29(39)41-19-27(37)33(40)16-14-25-24-10-9-22-17-23(35)13-15-31(22,2)30(24)26(36)18-32(25,33)3/h4-8,13,15,17,20,24-26,30,36,40H,9-12,14,16,18-19H2,1-3H3,(H,34,38)/t20-,24+,25-,26-,30+,31-,32-,33+/m0/s1. The van der Waals surface area contributed by atoms with Gasteiger partial charge in [-0.3, -0.25) is 19.2 Å². The molecule has 0 heterocycles. The van der Waals surface area contributed by atoms with Crippen molar-refractivity contribution in [2.75, 3.05) is 6.61 Å². The van der Waals surface area contributed by atoms with Crippen LogP contribution in [0.1, 0.15) is 77.3 Å². The van der Waals surface area contributed by atoms with E-state index in [-0.39, 0.29) is 61.2 Å². The molecule has 0 bridgehead atoms. The largest absolute Gasteiger partial charge is 0.458 e. The van der Waals surface area contributed by atoms with Gasteiger partial charge in [0.05, 0.1) is 18.6 Å². The number of fused-ring (bicyclic) bond motifs is 5. The molecular formula is C33H41NO7. The maximum atomic E-state index is 13.4. The van der Waals surface area contributed by atoms with Gasteiger partial charge < -0.3 is 20.3 Å². The van der Waals surface area contributed by atoms with Crippen LogP contribution in [0, 0.1) is 28.6 Å². The van der Waals surface area contributed by atoms with Crippen LogP contribution in [0.25, 0.3) is 0 Å². The lowest BCUT2D eigenvalue weighted by Crippen LogP contribution is -2.61. The molecule has 0 unspecified atom stereocenters. The topological polar surface area (TPSA) is 130 Å². The lowest BCUT2D eigenvalue weighted by Gasteiger charge is -2.59. The Hall–Kier alpha value is -3.10. The number of esters is 1. The van der Waals surface area contributed by atoms with Crippen molar-refractivity contribution in [3.05, 3.63) is 59.7 Å². The predicted octanol–water partition coefficient (Wildman–Crippen LogP) is 3.77. The highest BCUT2D eigenvalue weighted by Gasteiger charge is 2.68. The third kappa shape index (κ3) is 5.10. The van der Waals surface area contributed by atoms with Gasteiger partial charge in [-0.05, 0) is 68.6 Å². The molecule has 0 radical (unpaired) electrons. The zero-order valence-corrected chi connectivity index (χ0v) is 24.1. The van der Waals surface area contributed by atoms with E-state index in [2.05, 4.69) is 12.2 Å². The average Bonchev–Trinajstić information content (AvgIpc) is 3.21. The third-order valence-corrected chi connectivity index (χ3v) is 10.7. The van der Waals surface area contributed by atoms with Crippen molar-refractivity contribution in [2.45, 2.75) is 83.5 Å². The van der Waals surface area contributed by atoms with Gasteiger partial charge in [0, 0.05) is 23.2 Å². The van der Waals surface area contributed by atoms with Gasteiger partial charge in [0.15, 0.2) is 12.4 Å². The third-order valence-electron chi connectivity index (χ3n) is 10.7. The molecule has 3 N–H and O–H groups in total. The average molecular weight is 564 g/mol. The Bertz CT molecular complexity index is 1290. The molecule has 3 saturated carbocycles. The highest BCUT2D eigenvalue weighted by molar-refractivity contribution is 6.01. The zero-order chi connectivity index (χ0) is 29.6. The lowest BCUT2D eigenvalue weighted by atomic mass is 9.46. The van der Waals surface area contributed by atoms with E-state index in [0.29, 0.717) is 6.42 Å². The Morgan fingerprint density at radius 3 is 2.59 bits per heavy atom. The molecule has 3 fully saturated rings. The molecule has 8 atom stereocenters. The van der Waals surface area contributed by atoms with Gasteiger partial charge in [-0.15, -0.1) is 0 Å². The van der Waals surface area contributed by atoms with E-state index in [4.69, 9.17) is 4.74 Å². The van der Waals surface area contributed by atoms with Crippen molar-refractivity contribution < 1.29 is 34.1 Å². The second-order valence-electron chi connectivity index (χ2n) is 12.9. The number of amides is 1. The molecule has 1 aromatic carbocycles. The molecule has 4 aliphatic rings. The number of allylic oxidation sites excluding steroid dienone is 4. The van der Waals surface area contributed by atoms with Crippen LogP contribution >= 0.6 is 0 Å². The fourth-order valence-electron chi connectivity index (χ4n) is 8.48. The van der Waals surface area contributed by atoms with Crippen LogP contribution in [-0.2, 0) is 23.9 Å². The van der Waals surface area contributed by atoms with Gasteiger partial charge >= 0.3 is 5.97 Å². The molecule has 41 heavy (non-hydrogen) atoms. The minimum atomic E-state index is -1.72. The first-order valence-corrected chi connectivity index (χ1v) is 14.8. The van der Waals surface area contributed by atoms with E-state index in [1.54, 1.807) is 12.2 Å². The van der Waals surface area contributed by atoms with Crippen LogP contribution in [-0.4, -0.2) is 52.0 Å². The first kappa shape index (κ1) is 29.4. The summed E-state index contributed by atoms with van der Waals surface area (Å²) in [7, 11) is 0. The molecule has 0 aliphatic heterocycles. The van der Waals surface area contributed by atoms with Crippen molar-refractivity contribution in [1.82, 2.24) is 5.32 Å².